The molecule has 0 bridgehead atoms. The molecule has 2 aromatic heterocycles. The van der Waals surface area contributed by atoms with Crippen LogP contribution in [0.5, 0.6) is 0 Å². The number of hydrogen-bond acceptors (Lipinski definition) is 3. The van der Waals surface area contributed by atoms with Crippen LogP contribution in [0.4, 0.5) is 0 Å². The number of carbonyl (C=O) groups is 1. The summed E-state index contributed by atoms with van der Waals surface area (Å²) in [5, 5.41) is 3.26. The van der Waals surface area contributed by atoms with Crippen LogP contribution in [-0.4, -0.2) is 20.3 Å². The molecule has 0 saturated carbocycles. The van der Waals surface area contributed by atoms with Crippen LogP contribution in [-0.2, 0) is 16.8 Å². The first-order chi connectivity index (χ1) is 15.1. The summed E-state index contributed by atoms with van der Waals surface area (Å²) in [6.45, 7) is 1.54. The van der Waals surface area contributed by atoms with E-state index in [0.717, 1.165) is 48.2 Å². The second-order valence-electron chi connectivity index (χ2n) is 8.12. The van der Waals surface area contributed by atoms with Gasteiger partial charge in [0.15, 0.2) is 0 Å². The van der Waals surface area contributed by atoms with Gasteiger partial charge in [0, 0.05) is 24.9 Å². The molecule has 156 valence electrons. The molecule has 1 amide bonds. The van der Waals surface area contributed by atoms with E-state index in [1.54, 1.807) is 19.3 Å². The lowest BCUT2D eigenvalue weighted by molar-refractivity contribution is -0.120. The molecule has 2 N–H and O–H groups in total. The normalized spacial score (nSPS) is 16.8. The molecule has 4 aromatic rings. The number of fused-ring (bicyclic) bond motifs is 5. The zero-order valence-corrected chi connectivity index (χ0v) is 17.4. The Morgan fingerprint density at radius 3 is 2.68 bits per heavy atom. The lowest BCUT2D eigenvalue weighted by Crippen LogP contribution is -2.46. The van der Waals surface area contributed by atoms with Gasteiger partial charge in [-0.15, -0.1) is 0 Å². The van der Waals surface area contributed by atoms with Gasteiger partial charge in [0.25, 0.3) is 5.56 Å². The van der Waals surface area contributed by atoms with Gasteiger partial charge in [-0.2, -0.15) is 0 Å². The minimum Gasteiger partial charge on any atom is -0.341 e. The van der Waals surface area contributed by atoms with Crippen molar-refractivity contribution in [2.75, 3.05) is 0 Å². The van der Waals surface area contributed by atoms with Gasteiger partial charge in [0.1, 0.15) is 5.54 Å². The summed E-state index contributed by atoms with van der Waals surface area (Å²) < 4.78 is 1.83. The Balaban J connectivity index is 1.60. The van der Waals surface area contributed by atoms with Crippen LogP contribution in [0.1, 0.15) is 43.0 Å². The molecular formula is C25H24N4O2. The highest BCUT2D eigenvalue weighted by Gasteiger charge is 2.46. The molecule has 6 heteroatoms. The number of rotatable bonds is 6. The summed E-state index contributed by atoms with van der Waals surface area (Å²) in [6, 6.07) is 18.4. The lowest BCUT2D eigenvalue weighted by Gasteiger charge is -2.33. The fourth-order valence-corrected chi connectivity index (χ4v) is 4.92. The smallest absolute Gasteiger partial charge is 0.292 e. The van der Waals surface area contributed by atoms with Gasteiger partial charge in [-0.1, -0.05) is 61.0 Å². The molecule has 31 heavy (non-hydrogen) atoms. The number of aryl methyl sites for hydroxylation is 1. The van der Waals surface area contributed by atoms with Crippen LogP contribution in [0.2, 0.25) is 0 Å². The Morgan fingerprint density at radius 1 is 1.10 bits per heavy atom. The summed E-state index contributed by atoms with van der Waals surface area (Å²) in [7, 11) is 0. The number of unbranched alkanes of at least 4 members (excludes halogenated alkanes) is 1. The fraction of sp³-hybridized carbons (Fsp3) is 0.240. The van der Waals surface area contributed by atoms with Gasteiger partial charge >= 0.3 is 0 Å². The van der Waals surface area contributed by atoms with Crippen LogP contribution in [0.15, 0.2) is 71.8 Å². The van der Waals surface area contributed by atoms with E-state index in [1.165, 1.54) is 5.56 Å². The lowest BCUT2D eigenvalue weighted by atomic mass is 9.84. The van der Waals surface area contributed by atoms with Crippen molar-refractivity contribution in [3.8, 4) is 11.3 Å². The first-order valence-corrected chi connectivity index (χ1v) is 10.6. The Kier molecular flexibility index (Phi) is 4.70. The summed E-state index contributed by atoms with van der Waals surface area (Å²) >= 11 is 0. The number of imidazole rings is 1. The van der Waals surface area contributed by atoms with Crippen molar-refractivity contribution in [1.82, 2.24) is 19.7 Å². The minimum absolute atomic E-state index is 0.106. The SMILES string of the molecule is CC(=O)NC1(CCCCc2ccccc2)c2ccccc2-c2[nH]c(=O)c3nccn3c21. The monoisotopic (exact) mass is 412 g/mol. The minimum atomic E-state index is -0.725. The van der Waals surface area contributed by atoms with E-state index in [2.05, 4.69) is 39.6 Å². The highest BCUT2D eigenvalue weighted by Crippen LogP contribution is 2.48. The third kappa shape index (κ3) is 3.15. The third-order valence-corrected chi connectivity index (χ3v) is 6.12. The number of carbonyl (C=O) groups excluding carboxylic acids is 1. The highest BCUT2D eigenvalue weighted by atomic mass is 16.1. The largest absolute Gasteiger partial charge is 0.341 e. The second kappa shape index (κ2) is 7.54. The second-order valence-corrected chi connectivity index (χ2v) is 8.12. The van der Waals surface area contributed by atoms with Gasteiger partial charge in [-0.25, -0.2) is 4.98 Å². The van der Waals surface area contributed by atoms with Crippen molar-refractivity contribution in [3.05, 3.63) is 94.2 Å². The van der Waals surface area contributed by atoms with E-state index in [-0.39, 0.29) is 11.5 Å². The van der Waals surface area contributed by atoms with E-state index in [9.17, 15) is 9.59 Å². The van der Waals surface area contributed by atoms with Gasteiger partial charge < -0.3 is 10.3 Å². The van der Waals surface area contributed by atoms with Gasteiger partial charge in [0.2, 0.25) is 11.6 Å². The van der Waals surface area contributed by atoms with Crippen LogP contribution >= 0.6 is 0 Å². The number of hydrogen-bond donors (Lipinski definition) is 2. The van der Waals surface area contributed by atoms with E-state index >= 15 is 0 Å². The van der Waals surface area contributed by atoms with Crippen LogP contribution in [0.25, 0.3) is 16.9 Å². The van der Waals surface area contributed by atoms with Crippen molar-refractivity contribution < 1.29 is 4.79 Å². The molecule has 2 heterocycles. The van der Waals surface area contributed by atoms with E-state index in [4.69, 9.17) is 0 Å². The summed E-state index contributed by atoms with van der Waals surface area (Å²) in [4.78, 5) is 32.3. The Hall–Kier alpha value is -3.67. The Bertz CT molecular complexity index is 1320. The molecule has 0 aliphatic heterocycles. The predicted molar refractivity (Wildman–Crippen MR) is 120 cm³/mol. The highest BCUT2D eigenvalue weighted by molar-refractivity contribution is 5.82. The van der Waals surface area contributed by atoms with Crippen molar-refractivity contribution in [3.63, 3.8) is 0 Å². The molecule has 0 fully saturated rings. The maximum absolute atomic E-state index is 12.6. The number of benzene rings is 2. The van der Waals surface area contributed by atoms with Crippen LogP contribution in [0.3, 0.4) is 0 Å². The Labute approximate surface area is 180 Å². The Morgan fingerprint density at radius 2 is 1.87 bits per heavy atom. The molecule has 1 aliphatic carbocycles. The van der Waals surface area contributed by atoms with Crippen molar-refractivity contribution in [2.45, 2.75) is 38.1 Å². The van der Waals surface area contributed by atoms with Gasteiger partial charge in [0.05, 0.1) is 11.4 Å². The zero-order chi connectivity index (χ0) is 21.4. The third-order valence-electron chi connectivity index (χ3n) is 6.12. The summed E-state index contributed by atoms with van der Waals surface area (Å²) in [5.74, 6) is -0.106. The molecule has 1 aliphatic rings. The summed E-state index contributed by atoms with van der Waals surface area (Å²) in [6.07, 6.45) is 7.05. The zero-order valence-electron chi connectivity index (χ0n) is 17.4. The average molecular weight is 412 g/mol. The molecule has 1 atom stereocenters. The van der Waals surface area contributed by atoms with E-state index in [1.807, 2.05) is 34.7 Å². The summed E-state index contributed by atoms with van der Waals surface area (Å²) in [5.41, 5.74) is 4.27. The molecule has 0 saturated heterocycles. The number of aromatic nitrogens is 3. The first-order valence-electron chi connectivity index (χ1n) is 10.6. The molecule has 1 unspecified atom stereocenters. The van der Waals surface area contributed by atoms with Crippen molar-refractivity contribution in [2.24, 2.45) is 0 Å². The molecule has 0 spiro atoms. The predicted octanol–water partition coefficient (Wildman–Crippen LogP) is 3.80. The average Bonchev–Trinajstić information content (AvgIpc) is 3.35. The number of nitrogens with zero attached hydrogens (tertiary/aromatic N) is 2. The molecule has 2 aromatic carbocycles. The van der Waals surface area contributed by atoms with Crippen LogP contribution in [0, 0.1) is 0 Å². The van der Waals surface area contributed by atoms with Gasteiger partial charge in [-0.05, 0) is 30.4 Å². The topological polar surface area (TPSA) is 79.3 Å². The molecule has 6 nitrogen and oxygen atoms in total. The molecular weight excluding hydrogens is 388 g/mol. The maximum Gasteiger partial charge on any atom is 0.292 e. The molecule has 0 radical (unpaired) electrons. The van der Waals surface area contributed by atoms with E-state index < -0.39 is 5.54 Å². The quantitative estimate of drug-likeness (QED) is 0.473. The van der Waals surface area contributed by atoms with E-state index in [0.29, 0.717) is 5.65 Å². The number of H-pyrrole nitrogens is 1. The standard InChI is InChI=1S/C25H24N4O2/c1-17(30)28-25(14-8-7-11-18-9-3-2-4-10-18)20-13-6-5-12-19(20)21-22(25)29-16-15-26-23(29)24(31)27-21/h2-6,9-10,12-13,15-16H,7-8,11,14H2,1H3,(H,27,31)(H,28,30). The first kappa shape index (κ1) is 19.3. The number of nitrogens with one attached hydrogen (secondary N) is 2. The van der Waals surface area contributed by atoms with Crippen molar-refractivity contribution in [1.29, 1.82) is 0 Å². The fourth-order valence-electron chi connectivity index (χ4n) is 4.92. The maximum atomic E-state index is 12.6. The van der Waals surface area contributed by atoms with Gasteiger partial charge in [-0.3, -0.25) is 14.0 Å². The van der Waals surface area contributed by atoms with Crippen molar-refractivity contribution >= 4 is 11.6 Å². The number of aromatic amines is 1. The number of amides is 1. The molecule has 5 rings (SSSR count). The van der Waals surface area contributed by atoms with Crippen LogP contribution < -0.4 is 10.9 Å².